The molecule has 0 aliphatic heterocycles. The molecular weight excluding hydrogens is 218 g/mol. The Bertz CT molecular complexity index is 456. The maximum absolute atomic E-state index is 9.70. The van der Waals surface area contributed by atoms with Crippen LogP contribution in [0.1, 0.15) is 25.8 Å². The molecule has 1 aromatic carbocycles. The Morgan fingerprint density at radius 1 is 1.35 bits per heavy atom. The second-order valence-electron chi connectivity index (χ2n) is 5.39. The summed E-state index contributed by atoms with van der Waals surface area (Å²) in [5.74, 6) is -0.0905. The molecule has 0 bridgehead atoms. The lowest BCUT2D eigenvalue weighted by molar-refractivity contribution is 0.348. The molecule has 0 saturated heterocycles. The molecule has 1 saturated carbocycles. The summed E-state index contributed by atoms with van der Waals surface area (Å²) in [6.45, 7) is 4.82. The highest BCUT2D eigenvalue weighted by Crippen LogP contribution is 2.64. The summed E-state index contributed by atoms with van der Waals surface area (Å²) < 4.78 is 5.05. The lowest BCUT2D eigenvalue weighted by Crippen LogP contribution is -2.25. The van der Waals surface area contributed by atoms with Gasteiger partial charge in [0.1, 0.15) is 0 Å². The molecule has 1 atom stereocenters. The highest BCUT2D eigenvalue weighted by molar-refractivity contribution is 5.55. The number of phenols is 2. The van der Waals surface area contributed by atoms with E-state index >= 15 is 0 Å². The third-order valence-corrected chi connectivity index (χ3v) is 4.09. The largest absolute Gasteiger partial charge is 0.504 e. The van der Waals surface area contributed by atoms with Crippen LogP contribution < -0.4 is 10.5 Å². The van der Waals surface area contributed by atoms with Gasteiger partial charge in [0.25, 0.3) is 0 Å². The van der Waals surface area contributed by atoms with Crippen LogP contribution in [0.2, 0.25) is 0 Å². The maximum atomic E-state index is 9.70. The van der Waals surface area contributed by atoms with E-state index in [0.29, 0.717) is 6.54 Å². The highest BCUT2D eigenvalue weighted by atomic mass is 16.5. The summed E-state index contributed by atoms with van der Waals surface area (Å²) in [5, 5.41) is 19.3. The van der Waals surface area contributed by atoms with Gasteiger partial charge in [-0.15, -0.1) is 0 Å². The molecule has 1 aromatic rings. The molecule has 0 amide bonds. The standard InChI is InChI=1S/C13H19NO3/c1-12(2)6-13(12,7-14)8-4-9(15)11(16)10(5-8)17-3/h4-5,15-16H,6-7,14H2,1-3H3. The van der Waals surface area contributed by atoms with Crippen LogP contribution in [0.25, 0.3) is 0 Å². The van der Waals surface area contributed by atoms with E-state index in [-0.39, 0.29) is 28.1 Å². The molecule has 1 aliphatic rings. The first-order valence-electron chi connectivity index (χ1n) is 5.68. The molecule has 2 rings (SSSR count). The van der Waals surface area contributed by atoms with Crippen molar-refractivity contribution in [2.24, 2.45) is 11.1 Å². The first kappa shape index (κ1) is 12.0. The number of rotatable bonds is 3. The molecule has 0 spiro atoms. The Labute approximate surface area is 101 Å². The van der Waals surface area contributed by atoms with Crippen LogP contribution in [-0.2, 0) is 5.41 Å². The number of methoxy groups -OCH3 is 1. The lowest BCUT2D eigenvalue weighted by atomic mass is 9.87. The van der Waals surface area contributed by atoms with Crippen molar-refractivity contribution in [1.82, 2.24) is 0 Å². The van der Waals surface area contributed by atoms with E-state index in [9.17, 15) is 10.2 Å². The summed E-state index contributed by atoms with van der Waals surface area (Å²) in [7, 11) is 1.46. The minimum absolute atomic E-state index is 0.120. The Balaban J connectivity index is 2.51. The van der Waals surface area contributed by atoms with Crippen molar-refractivity contribution in [1.29, 1.82) is 0 Å². The fraction of sp³-hybridized carbons (Fsp3) is 0.538. The zero-order valence-corrected chi connectivity index (χ0v) is 10.4. The van der Waals surface area contributed by atoms with E-state index < -0.39 is 0 Å². The fourth-order valence-electron chi connectivity index (χ4n) is 2.69. The summed E-state index contributed by atoms with van der Waals surface area (Å²) in [6, 6.07) is 3.34. The molecule has 0 aromatic heterocycles. The van der Waals surface area contributed by atoms with E-state index in [1.807, 2.05) is 0 Å². The van der Waals surface area contributed by atoms with Crippen molar-refractivity contribution < 1.29 is 14.9 Å². The summed E-state index contributed by atoms with van der Waals surface area (Å²) >= 11 is 0. The van der Waals surface area contributed by atoms with Crippen LogP contribution in [0.4, 0.5) is 0 Å². The first-order valence-corrected chi connectivity index (χ1v) is 5.68. The van der Waals surface area contributed by atoms with Crippen LogP contribution >= 0.6 is 0 Å². The predicted octanol–water partition coefficient (Wildman–Crippen LogP) is 1.73. The van der Waals surface area contributed by atoms with Gasteiger partial charge in [0.05, 0.1) is 7.11 Å². The van der Waals surface area contributed by atoms with E-state index in [1.165, 1.54) is 7.11 Å². The van der Waals surface area contributed by atoms with Gasteiger partial charge in [-0.25, -0.2) is 0 Å². The molecule has 94 valence electrons. The van der Waals surface area contributed by atoms with E-state index in [4.69, 9.17) is 10.5 Å². The highest BCUT2D eigenvalue weighted by Gasteiger charge is 2.61. The summed E-state index contributed by atoms with van der Waals surface area (Å²) in [5.41, 5.74) is 6.80. The first-order chi connectivity index (χ1) is 7.88. The quantitative estimate of drug-likeness (QED) is 0.700. The number of hydrogen-bond donors (Lipinski definition) is 3. The molecule has 4 heteroatoms. The monoisotopic (exact) mass is 237 g/mol. The number of benzene rings is 1. The smallest absolute Gasteiger partial charge is 0.200 e. The Hall–Kier alpha value is -1.42. The van der Waals surface area contributed by atoms with Crippen molar-refractivity contribution >= 4 is 0 Å². The number of aromatic hydroxyl groups is 2. The number of ether oxygens (including phenoxy) is 1. The molecule has 4 N–H and O–H groups in total. The third-order valence-electron chi connectivity index (χ3n) is 4.09. The molecule has 1 fully saturated rings. The van der Waals surface area contributed by atoms with Crippen molar-refractivity contribution in [2.45, 2.75) is 25.7 Å². The molecule has 0 radical (unpaired) electrons. The van der Waals surface area contributed by atoms with Crippen LogP contribution in [0.15, 0.2) is 12.1 Å². The normalized spacial score (nSPS) is 25.6. The van der Waals surface area contributed by atoms with Crippen LogP contribution in [0.3, 0.4) is 0 Å². The second-order valence-corrected chi connectivity index (χ2v) is 5.39. The molecular formula is C13H19NO3. The average Bonchev–Trinajstić information content (AvgIpc) is 2.86. The Morgan fingerprint density at radius 3 is 2.35 bits per heavy atom. The van der Waals surface area contributed by atoms with Gasteiger partial charge in [0.15, 0.2) is 11.5 Å². The van der Waals surface area contributed by atoms with Crippen molar-refractivity contribution in [3.63, 3.8) is 0 Å². The molecule has 0 heterocycles. The maximum Gasteiger partial charge on any atom is 0.200 e. The van der Waals surface area contributed by atoms with Crippen molar-refractivity contribution in [3.8, 4) is 17.2 Å². The molecule has 17 heavy (non-hydrogen) atoms. The van der Waals surface area contributed by atoms with E-state index in [2.05, 4.69) is 13.8 Å². The predicted molar refractivity (Wildman–Crippen MR) is 65.5 cm³/mol. The zero-order chi connectivity index (χ0) is 12.8. The second kappa shape index (κ2) is 3.53. The third kappa shape index (κ3) is 1.55. The van der Waals surface area contributed by atoms with Gasteiger partial charge >= 0.3 is 0 Å². The van der Waals surface area contributed by atoms with Crippen LogP contribution in [0, 0.1) is 5.41 Å². The van der Waals surface area contributed by atoms with Crippen LogP contribution in [0.5, 0.6) is 17.2 Å². The fourth-order valence-corrected chi connectivity index (χ4v) is 2.69. The van der Waals surface area contributed by atoms with Gasteiger partial charge < -0.3 is 20.7 Å². The minimum atomic E-state index is -0.220. The summed E-state index contributed by atoms with van der Waals surface area (Å²) in [4.78, 5) is 0. The SMILES string of the molecule is COc1cc(C2(CN)CC2(C)C)cc(O)c1O. The lowest BCUT2D eigenvalue weighted by Gasteiger charge is -2.20. The Kier molecular flexibility index (Phi) is 2.51. The van der Waals surface area contributed by atoms with Gasteiger partial charge in [-0.05, 0) is 29.5 Å². The average molecular weight is 237 g/mol. The zero-order valence-electron chi connectivity index (χ0n) is 10.4. The van der Waals surface area contributed by atoms with Gasteiger partial charge in [0.2, 0.25) is 5.75 Å². The van der Waals surface area contributed by atoms with Gasteiger partial charge in [-0.3, -0.25) is 0 Å². The summed E-state index contributed by atoms with van der Waals surface area (Å²) in [6.07, 6.45) is 0.976. The van der Waals surface area contributed by atoms with Gasteiger partial charge in [-0.1, -0.05) is 13.8 Å². The molecule has 1 unspecified atom stereocenters. The molecule has 4 nitrogen and oxygen atoms in total. The molecule has 1 aliphatic carbocycles. The van der Waals surface area contributed by atoms with E-state index in [1.54, 1.807) is 12.1 Å². The topological polar surface area (TPSA) is 75.7 Å². The van der Waals surface area contributed by atoms with Crippen LogP contribution in [-0.4, -0.2) is 23.9 Å². The van der Waals surface area contributed by atoms with Crippen molar-refractivity contribution in [2.75, 3.05) is 13.7 Å². The van der Waals surface area contributed by atoms with E-state index in [0.717, 1.165) is 12.0 Å². The number of hydrogen-bond acceptors (Lipinski definition) is 4. The number of nitrogens with two attached hydrogens (primary N) is 1. The minimum Gasteiger partial charge on any atom is -0.504 e. The number of phenolic OH excluding ortho intramolecular Hbond substituents is 2. The van der Waals surface area contributed by atoms with Gasteiger partial charge in [0, 0.05) is 12.0 Å². The van der Waals surface area contributed by atoms with Crippen molar-refractivity contribution in [3.05, 3.63) is 17.7 Å². The Morgan fingerprint density at radius 2 is 1.94 bits per heavy atom. The van der Waals surface area contributed by atoms with Gasteiger partial charge in [-0.2, -0.15) is 0 Å².